The van der Waals surface area contributed by atoms with Crippen LogP contribution in [0.15, 0.2) is 4.52 Å². The average molecular weight is 314 g/mol. The number of nitrogens with zero attached hydrogens (tertiary/aromatic N) is 2. The average Bonchev–Trinajstić information content (AvgIpc) is 2.94. The van der Waals surface area contributed by atoms with Gasteiger partial charge in [-0.15, -0.1) is 11.8 Å². The number of carboxylic acids is 1. The summed E-state index contributed by atoms with van der Waals surface area (Å²) in [4.78, 5) is 14.9. The van der Waals surface area contributed by atoms with Crippen LogP contribution in [0.5, 0.6) is 0 Å². The van der Waals surface area contributed by atoms with E-state index >= 15 is 0 Å². The normalized spacial score (nSPS) is 17.8. The van der Waals surface area contributed by atoms with Crippen LogP contribution in [-0.4, -0.2) is 33.6 Å². The van der Waals surface area contributed by atoms with Crippen LogP contribution >= 0.6 is 11.8 Å². The van der Waals surface area contributed by atoms with Crippen molar-refractivity contribution in [3.63, 3.8) is 0 Å². The van der Waals surface area contributed by atoms with E-state index < -0.39 is 5.97 Å². The van der Waals surface area contributed by atoms with Gasteiger partial charge in [-0.3, -0.25) is 4.79 Å². The fourth-order valence-corrected chi connectivity index (χ4v) is 3.27. The molecule has 0 spiro atoms. The minimum Gasteiger partial charge on any atom is -0.481 e. The molecule has 1 aromatic heterocycles. The third-order valence-electron chi connectivity index (χ3n) is 3.61. The predicted molar refractivity (Wildman–Crippen MR) is 79.0 cm³/mol. The lowest BCUT2D eigenvalue weighted by Crippen LogP contribution is -2.20. The number of aromatic nitrogens is 2. The molecule has 21 heavy (non-hydrogen) atoms. The molecule has 1 heterocycles. The van der Waals surface area contributed by atoms with E-state index in [1.165, 1.54) is 31.0 Å². The van der Waals surface area contributed by atoms with Crippen molar-refractivity contribution in [2.75, 3.05) is 12.4 Å². The molecule has 1 saturated carbocycles. The minimum absolute atomic E-state index is 0.0369. The second-order valence-corrected chi connectivity index (χ2v) is 6.19. The number of thioether (sulfide) groups is 1. The van der Waals surface area contributed by atoms with Crippen LogP contribution in [0.2, 0.25) is 0 Å². The van der Waals surface area contributed by atoms with Crippen LogP contribution in [0, 0.1) is 5.92 Å². The fraction of sp³-hybridized carbons (Fsp3) is 0.786. The molecule has 0 saturated heterocycles. The summed E-state index contributed by atoms with van der Waals surface area (Å²) in [7, 11) is 0. The summed E-state index contributed by atoms with van der Waals surface area (Å²) in [5.41, 5.74) is 0. The van der Waals surface area contributed by atoms with Crippen molar-refractivity contribution in [1.82, 2.24) is 10.1 Å². The molecule has 118 valence electrons. The molecular weight excluding hydrogens is 292 g/mol. The van der Waals surface area contributed by atoms with Crippen LogP contribution in [0.4, 0.5) is 0 Å². The number of hydrogen-bond donors (Lipinski definition) is 1. The van der Waals surface area contributed by atoms with E-state index in [1.807, 2.05) is 6.92 Å². The van der Waals surface area contributed by atoms with Gasteiger partial charge in [0.1, 0.15) is 6.10 Å². The van der Waals surface area contributed by atoms with Gasteiger partial charge >= 0.3 is 5.97 Å². The maximum atomic E-state index is 10.5. The molecule has 1 aliphatic rings. The quantitative estimate of drug-likeness (QED) is 0.789. The summed E-state index contributed by atoms with van der Waals surface area (Å²) in [5.74, 6) is 1.15. The molecule has 0 aliphatic heterocycles. The molecule has 1 N–H and O–H groups in total. The Morgan fingerprint density at radius 3 is 2.90 bits per heavy atom. The van der Waals surface area contributed by atoms with Crippen molar-refractivity contribution >= 4 is 17.7 Å². The Bertz CT molecular complexity index is 446. The molecule has 0 aromatic carbocycles. The summed E-state index contributed by atoms with van der Waals surface area (Å²) >= 11 is 1.25. The van der Waals surface area contributed by atoms with Crippen molar-refractivity contribution in [2.45, 2.75) is 50.9 Å². The van der Waals surface area contributed by atoms with E-state index in [0.29, 0.717) is 30.0 Å². The molecule has 2 rings (SSSR count). The van der Waals surface area contributed by atoms with Crippen LogP contribution in [0.25, 0.3) is 0 Å². The standard InChI is InChI=1S/C14H22N2O4S/c1-2-19-13(10-6-4-3-5-7-10)14-15-11(20-16-14)8-21-9-12(17)18/h10,13H,2-9H2,1H3,(H,17,18). The maximum absolute atomic E-state index is 10.5. The van der Waals surface area contributed by atoms with E-state index in [9.17, 15) is 4.79 Å². The Hall–Kier alpha value is -1.08. The Balaban J connectivity index is 1.96. The van der Waals surface area contributed by atoms with Gasteiger partial charge in [-0.2, -0.15) is 4.98 Å². The lowest BCUT2D eigenvalue weighted by Gasteiger charge is -2.27. The van der Waals surface area contributed by atoms with Gasteiger partial charge in [0.15, 0.2) is 0 Å². The Morgan fingerprint density at radius 2 is 2.24 bits per heavy atom. The number of ether oxygens (including phenoxy) is 1. The summed E-state index contributed by atoms with van der Waals surface area (Å²) < 4.78 is 11.0. The molecular formula is C14H22N2O4S. The van der Waals surface area contributed by atoms with Crippen LogP contribution in [0.1, 0.15) is 56.8 Å². The van der Waals surface area contributed by atoms with Gasteiger partial charge in [0.25, 0.3) is 0 Å². The highest BCUT2D eigenvalue weighted by Crippen LogP contribution is 2.35. The highest BCUT2D eigenvalue weighted by Gasteiger charge is 2.29. The molecule has 0 radical (unpaired) electrons. The van der Waals surface area contributed by atoms with Crippen LogP contribution in [-0.2, 0) is 15.3 Å². The van der Waals surface area contributed by atoms with Crippen LogP contribution < -0.4 is 0 Å². The predicted octanol–water partition coefficient (Wildman–Crippen LogP) is 3.05. The Labute approximate surface area is 128 Å². The summed E-state index contributed by atoms with van der Waals surface area (Å²) in [6.45, 7) is 2.60. The van der Waals surface area contributed by atoms with E-state index in [1.54, 1.807) is 0 Å². The van der Waals surface area contributed by atoms with Crippen molar-refractivity contribution in [3.8, 4) is 0 Å². The van der Waals surface area contributed by atoms with Crippen molar-refractivity contribution in [1.29, 1.82) is 0 Å². The first-order valence-electron chi connectivity index (χ1n) is 7.44. The van der Waals surface area contributed by atoms with E-state index in [4.69, 9.17) is 14.4 Å². The molecule has 6 nitrogen and oxygen atoms in total. The molecule has 1 aliphatic carbocycles. The number of carbonyl (C=O) groups is 1. The highest BCUT2D eigenvalue weighted by atomic mass is 32.2. The summed E-state index contributed by atoms with van der Waals surface area (Å²) in [6.07, 6.45) is 5.93. The Morgan fingerprint density at radius 1 is 1.48 bits per heavy atom. The van der Waals surface area contributed by atoms with Gasteiger partial charge in [0.2, 0.25) is 11.7 Å². The Kier molecular flexibility index (Phi) is 6.50. The first kappa shape index (κ1) is 16.3. The van der Waals surface area contributed by atoms with Gasteiger partial charge < -0.3 is 14.4 Å². The first-order chi connectivity index (χ1) is 10.2. The zero-order valence-corrected chi connectivity index (χ0v) is 13.1. The molecule has 1 aromatic rings. The molecule has 1 unspecified atom stereocenters. The third kappa shape index (κ3) is 5.00. The molecule has 7 heteroatoms. The fourth-order valence-electron chi connectivity index (χ4n) is 2.71. The number of carboxylic acid groups (broad SMARTS) is 1. The van der Waals surface area contributed by atoms with Gasteiger partial charge in [0.05, 0.1) is 11.5 Å². The zero-order chi connectivity index (χ0) is 15.1. The van der Waals surface area contributed by atoms with Crippen molar-refractivity contribution in [3.05, 3.63) is 11.7 Å². The largest absolute Gasteiger partial charge is 0.481 e. The first-order valence-corrected chi connectivity index (χ1v) is 8.59. The topological polar surface area (TPSA) is 85.5 Å². The lowest BCUT2D eigenvalue weighted by molar-refractivity contribution is -0.133. The van der Waals surface area contributed by atoms with E-state index in [0.717, 1.165) is 12.8 Å². The number of rotatable bonds is 8. The highest BCUT2D eigenvalue weighted by molar-refractivity contribution is 7.99. The summed E-state index contributed by atoms with van der Waals surface area (Å²) in [6, 6.07) is 0. The minimum atomic E-state index is -0.839. The number of aliphatic carboxylic acids is 1. The number of hydrogen-bond acceptors (Lipinski definition) is 6. The molecule has 0 amide bonds. The third-order valence-corrected chi connectivity index (χ3v) is 4.52. The van der Waals surface area contributed by atoms with Crippen molar-refractivity contribution in [2.24, 2.45) is 5.92 Å². The smallest absolute Gasteiger partial charge is 0.313 e. The maximum Gasteiger partial charge on any atom is 0.313 e. The second-order valence-electron chi connectivity index (χ2n) is 5.21. The second kappa shape index (κ2) is 8.38. The zero-order valence-electron chi connectivity index (χ0n) is 12.3. The van der Waals surface area contributed by atoms with Gasteiger partial charge in [0, 0.05) is 6.61 Å². The summed E-state index contributed by atoms with van der Waals surface area (Å²) in [5, 5.41) is 12.7. The van der Waals surface area contributed by atoms with Gasteiger partial charge in [-0.25, -0.2) is 0 Å². The molecule has 1 atom stereocenters. The van der Waals surface area contributed by atoms with Gasteiger partial charge in [-0.05, 0) is 25.7 Å². The monoisotopic (exact) mass is 314 g/mol. The van der Waals surface area contributed by atoms with Crippen molar-refractivity contribution < 1.29 is 19.2 Å². The van der Waals surface area contributed by atoms with Gasteiger partial charge in [-0.1, -0.05) is 24.4 Å². The van der Waals surface area contributed by atoms with E-state index in [2.05, 4.69) is 10.1 Å². The molecule has 1 fully saturated rings. The molecule has 0 bridgehead atoms. The van der Waals surface area contributed by atoms with E-state index in [-0.39, 0.29) is 11.9 Å². The lowest BCUT2D eigenvalue weighted by atomic mass is 9.85. The SMILES string of the molecule is CCOC(c1noc(CSCC(=O)O)n1)C1CCCCC1. The van der Waals surface area contributed by atoms with Crippen LogP contribution in [0.3, 0.4) is 0 Å².